The first-order valence-electron chi connectivity index (χ1n) is 6.56. The van der Waals surface area contributed by atoms with Crippen molar-refractivity contribution >= 4 is 14.9 Å². The minimum atomic E-state index is -0.253. The van der Waals surface area contributed by atoms with Crippen LogP contribution in [0, 0.1) is 5.92 Å². The molecule has 0 aromatic carbocycles. The Morgan fingerprint density at radius 2 is 1.82 bits per heavy atom. The quantitative estimate of drug-likeness (QED) is 0.783. The summed E-state index contributed by atoms with van der Waals surface area (Å²) in [6.45, 7) is 1.76. The van der Waals surface area contributed by atoms with Crippen LogP contribution in [-0.2, 0) is 4.79 Å². The van der Waals surface area contributed by atoms with Crippen LogP contribution in [0.25, 0.3) is 0 Å². The summed E-state index contributed by atoms with van der Waals surface area (Å²) in [6, 6.07) is -0.253. The van der Waals surface area contributed by atoms with E-state index < -0.39 is 0 Å². The summed E-state index contributed by atoms with van der Waals surface area (Å²) in [5, 5.41) is 9.49. The molecule has 17 heavy (non-hydrogen) atoms. The van der Waals surface area contributed by atoms with Crippen LogP contribution in [0.3, 0.4) is 0 Å². The molecular formula is C12H21N2O2P. The smallest absolute Gasteiger partial charge is 0.248 e. The third-order valence-corrected chi connectivity index (χ3v) is 4.28. The van der Waals surface area contributed by atoms with Gasteiger partial charge in [-0.15, -0.1) is 0 Å². The molecule has 1 atom stereocenters. The molecule has 1 aliphatic carbocycles. The first-order valence-corrected chi connectivity index (χ1v) is 7.00. The zero-order valence-electron chi connectivity index (χ0n) is 10.1. The van der Waals surface area contributed by atoms with E-state index in [2.05, 4.69) is 13.8 Å². The van der Waals surface area contributed by atoms with Gasteiger partial charge in [0.1, 0.15) is 6.04 Å². The Balaban J connectivity index is 1.95. The number of rotatable bonds is 3. The van der Waals surface area contributed by atoms with Crippen LogP contribution in [-0.4, -0.2) is 41.1 Å². The molecule has 2 aliphatic rings. The molecule has 5 heteroatoms. The van der Waals surface area contributed by atoms with Crippen molar-refractivity contribution in [2.24, 2.45) is 10.7 Å². The van der Waals surface area contributed by atoms with Crippen LogP contribution < -0.4 is 0 Å². The number of aliphatic hydroxyl groups is 1. The number of hydrogen-bond donors (Lipinski definition) is 1. The predicted octanol–water partition coefficient (Wildman–Crippen LogP) is 1.85. The highest BCUT2D eigenvalue weighted by Gasteiger charge is 2.34. The molecule has 1 heterocycles. The average molecular weight is 256 g/mol. The molecule has 1 N–H and O–H groups in total. The summed E-state index contributed by atoms with van der Waals surface area (Å²) in [4.78, 5) is 14.2. The lowest BCUT2D eigenvalue weighted by Crippen LogP contribution is -2.41. The monoisotopic (exact) mass is 256 g/mol. The topological polar surface area (TPSA) is 52.9 Å². The molecule has 1 aliphatic heterocycles. The summed E-state index contributed by atoms with van der Waals surface area (Å²) in [6.07, 6.45) is 5.46. The average Bonchev–Trinajstić information content (AvgIpc) is 2.86. The molecule has 0 aromatic rings. The van der Waals surface area contributed by atoms with E-state index in [9.17, 15) is 9.90 Å². The van der Waals surface area contributed by atoms with E-state index in [1.165, 1.54) is 0 Å². The maximum Gasteiger partial charge on any atom is 0.248 e. The molecule has 96 valence electrons. The van der Waals surface area contributed by atoms with Gasteiger partial charge in [0.25, 0.3) is 0 Å². The van der Waals surface area contributed by atoms with Gasteiger partial charge in [-0.3, -0.25) is 9.54 Å². The van der Waals surface area contributed by atoms with E-state index in [1.54, 1.807) is 0 Å². The number of amides is 1. The maximum absolute atomic E-state index is 12.3. The minimum Gasteiger partial charge on any atom is -0.393 e. The highest BCUT2D eigenvalue weighted by Crippen LogP contribution is 2.30. The van der Waals surface area contributed by atoms with Gasteiger partial charge in [0.2, 0.25) is 5.91 Å². The summed E-state index contributed by atoms with van der Waals surface area (Å²) in [7, 11) is 3.18. The van der Waals surface area contributed by atoms with Gasteiger partial charge in [0.05, 0.1) is 6.10 Å². The van der Waals surface area contributed by atoms with Gasteiger partial charge in [0, 0.05) is 13.1 Å². The molecule has 0 spiro atoms. The highest BCUT2D eigenvalue weighted by atomic mass is 31.0. The van der Waals surface area contributed by atoms with E-state index in [4.69, 9.17) is 0 Å². The second kappa shape index (κ2) is 5.92. The Labute approximate surface area is 105 Å². The van der Waals surface area contributed by atoms with Gasteiger partial charge < -0.3 is 10.0 Å². The van der Waals surface area contributed by atoms with Crippen LogP contribution >= 0.6 is 9.03 Å². The zero-order chi connectivity index (χ0) is 12.3. The first kappa shape index (κ1) is 13.0. The molecule has 0 aromatic heterocycles. The van der Waals surface area contributed by atoms with Crippen molar-refractivity contribution in [3.63, 3.8) is 0 Å². The van der Waals surface area contributed by atoms with Gasteiger partial charge in [-0.05, 0) is 53.5 Å². The number of carbonyl (C=O) groups is 1. The van der Waals surface area contributed by atoms with Gasteiger partial charge >= 0.3 is 0 Å². The molecular weight excluding hydrogens is 235 g/mol. The third kappa shape index (κ3) is 3.05. The summed E-state index contributed by atoms with van der Waals surface area (Å²) >= 11 is 0. The van der Waals surface area contributed by atoms with E-state index in [1.807, 2.05) is 4.90 Å². The fourth-order valence-electron chi connectivity index (χ4n) is 2.90. The van der Waals surface area contributed by atoms with Gasteiger partial charge in [-0.25, -0.2) is 0 Å². The minimum absolute atomic E-state index is 0.166. The predicted molar refractivity (Wildman–Crippen MR) is 68.3 cm³/mol. The Kier molecular flexibility index (Phi) is 4.52. The highest BCUT2D eigenvalue weighted by molar-refractivity contribution is 7.04. The molecule has 1 amide bonds. The third-order valence-electron chi connectivity index (χ3n) is 4.00. The molecule has 1 unspecified atom stereocenters. The van der Waals surface area contributed by atoms with Crippen molar-refractivity contribution in [3.8, 4) is 0 Å². The fraction of sp³-hybridized carbons (Fsp3) is 0.917. The Bertz CT molecular complexity index is 284. The zero-order valence-corrected chi connectivity index (χ0v) is 11.1. The van der Waals surface area contributed by atoms with Crippen molar-refractivity contribution in [2.75, 3.05) is 13.1 Å². The Morgan fingerprint density at radius 1 is 1.24 bits per heavy atom. The number of nitrogens with zero attached hydrogens (tertiary/aromatic N) is 2. The number of carbonyl (C=O) groups excluding carboxylic acids is 1. The molecule has 1 saturated carbocycles. The number of aliphatic hydroxyl groups excluding tert-OH is 1. The lowest BCUT2D eigenvalue weighted by molar-refractivity contribution is -0.133. The summed E-state index contributed by atoms with van der Waals surface area (Å²) in [5.41, 5.74) is 0. The van der Waals surface area contributed by atoms with E-state index in [0.717, 1.165) is 51.6 Å². The van der Waals surface area contributed by atoms with Crippen molar-refractivity contribution in [3.05, 3.63) is 0 Å². The summed E-state index contributed by atoms with van der Waals surface area (Å²) in [5.74, 6) is 0.461. The standard InChI is InChI=1S/C12H21N2O2P/c15-10-5-3-9(4-6-10)11(13-17)12(16)14-7-1-2-8-14/h9-11,15,17H,1-8H2. The van der Waals surface area contributed by atoms with E-state index in [-0.39, 0.29) is 18.1 Å². The van der Waals surface area contributed by atoms with Gasteiger partial charge in [0.15, 0.2) is 0 Å². The number of likely N-dealkylation sites (tertiary alicyclic amines) is 1. The largest absolute Gasteiger partial charge is 0.393 e. The van der Waals surface area contributed by atoms with Crippen LogP contribution in [0.4, 0.5) is 0 Å². The van der Waals surface area contributed by atoms with Gasteiger partial charge in [-0.2, -0.15) is 0 Å². The van der Waals surface area contributed by atoms with Crippen LogP contribution in [0.1, 0.15) is 38.5 Å². The molecule has 0 radical (unpaired) electrons. The van der Waals surface area contributed by atoms with Crippen molar-refractivity contribution in [1.29, 1.82) is 0 Å². The van der Waals surface area contributed by atoms with Crippen molar-refractivity contribution < 1.29 is 9.90 Å². The Morgan fingerprint density at radius 3 is 2.35 bits per heavy atom. The van der Waals surface area contributed by atoms with E-state index >= 15 is 0 Å². The summed E-state index contributed by atoms with van der Waals surface area (Å²) < 4.78 is 4.11. The normalized spacial score (nSPS) is 31.2. The molecule has 2 rings (SSSR count). The second-order valence-corrected chi connectivity index (χ2v) is 5.43. The van der Waals surface area contributed by atoms with Crippen molar-refractivity contribution in [2.45, 2.75) is 50.7 Å². The van der Waals surface area contributed by atoms with Crippen LogP contribution in [0.2, 0.25) is 0 Å². The lowest BCUT2D eigenvalue weighted by atomic mass is 9.82. The second-order valence-electron chi connectivity index (χ2n) is 5.17. The first-order chi connectivity index (χ1) is 8.22. The lowest BCUT2D eigenvalue weighted by Gasteiger charge is -2.31. The number of hydrogen-bond acceptors (Lipinski definition) is 3. The molecule has 0 bridgehead atoms. The molecule has 2 fully saturated rings. The SMILES string of the molecule is O=C(C(N=P)C1CCC(O)CC1)N1CCCC1. The van der Waals surface area contributed by atoms with Crippen LogP contribution in [0.5, 0.6) is 0 Å². The molecule has 1 saturated heterocycles. The maximum atomic E-state index is 12.3. The van der Waals surface area contributed by atoms with Crippen molar-refractivity contribution in [1.82, 2.24) is 4.90 Å². The van der Waals surface area contributed by atoms with Crippen LogP contribution in [0.15, 0.2) is 4.74 Å². The molecule has 4 nitrogen and oxygen atoms in total. The Hall–Kier alpha value is -0.470. The van der Waals surface area contributed by atoms with E-state index in [0.29, 0.717) is 5.92 Å². The van der Waals surface area contributed by atoms with Gasteiger partial charge in [-0.1, -0.05) is 0 Å². The fourth-order valence-corrected chi connectivity index (χ4v) is 3.23.